The number of rotatable bonds is 2. The molecule has 0 spiro atoms. The Balaban J connectivity index is 1.94. The molecule has 0 saturated heterocycles. The number of hydrogen-bond acceptors (Lipinski definition) is 2. The van der Waals surface area contributed by atoms with Crippen LogP contribution in [0.3, 0.4) is 0 Å². The van der Waals surface area contributed by atoms with Gasteiger partial charge < -0.3 is 0 Å². The van der Waals surface area contributed by atoms with Crippen molar-refractivity contribution < 1.29 is 4.79 Å². The second kappa shape index (κ2) is 7.06. The van der Waals surface area contributed by atoms with E-state index in [1.807, 2.05) is 6.07 Å². The molecule has 0 N–H and O–H groups in total. The van der Waals surface area contributed by atoms with E-state index in [2.05, 4.69) is 54.6 Å². The average molecular weight is 346 g/mol. The Labute approximate surface area is 155 Å². The van der Waals surface area contributed by atoms with E-state index in [0.717, 1.165) is 19.3 Å². The summed E-state index contributed by atoms with van der Waals surface area (Å²) in [7, 11) is 0. The van der Waals surface area contributed by atoms with Crippen LogP contribution in [-0.4, -0.2) is 16.6 Å². The van der Waals surface area contributed by atoms with Gasteiger partial charge in [0.15, 0.2) is 0 Å². The molecule has 2 atom stereocenters. The molecule has 4 rings (SSSR count). The fourth-order valence-electron chi connectivity index (χ4n) is 4.77. The Morgan fingerprint density at radius 2 is 1.62 bits per heavy atom. The van der Waals surface area contributed by atoms with Crippen molar-refractivity contribution in [3.63, 3.8) is 0 Å². The third-order valence-electron chi connectivity index (χ3n) is 5.92. The zero-order valence-electron chi connectivity index (χ0n) is 15.4. The monoisotopic (exact) mass is 346 g/mol. The Morgan fingerprint density at radius 3 is 2.31 bits per heavy atom. The lowest BCUT2D eigenvalue weighted by Crippen LogP contribution is -2.43. The lowest BCUT2D eigenvalue weighted by molar-refractivity contribution is -0.131. The summed E-state index contributed by atoms with van der Waals surface area (Å²) in [5.41, 5.74) is 3.44. The van der Waals surface area contributed by atoms with Crippen LogP contribution in [0.2, 0.25) is 0 Å². The minimum atomic E-state index is -0.214. The van der Waals surface area contributed by atoms with Crippen LogP contribution in [0.4, 0.5) is 0 Å². The smallest absolute Gasteiger partial charge is 0.240 e. The largest absolute Gasteiger partial charge is 0.273 e. The van der Waals surface area contributed by atoms with E-state index in [1.165, 1.54) is 36.1 Å². The standard InChI is InChI=1S/C23H26N2O/c1-18(26)25-22(19-12-6-4-7-13-19)23(20-14-8-5-9-15-20)17-11-3-2-10-16-21(23)24-25/h4-9,12-15,22H,2-3,10-11,16-17H2,1H3/t22-,23-/m1/s1. The van der Waals surface area contributed by atoms with Crippen molar-refractivity contribution in [1.29, 1.82) is 0 Å². The van der Waals surface area contributed by atoms with Gasteiger partial charge in [0.1, 0.15) is 0 Å². The number of hydrogen-bond donors (Lipinski definition) is 0. The Bertz CT molecular complexity index is 799. The van der Waals surface area contributed by atoms with Gasteiger partial charge in [-0.2, -0.15) is 5.10 Å². The van der Waals surface area contributed by atoms with E-state index in [4.69, 9.17) is 5.10 Å². The number of fused-ring (bicyclic) bond motifs is 1. The van der Waals surface area contributed by atoms with Crippen LogP contribution in [0.25, 0.3) is 0 Å². The van der Waals surface area contributed by atoms with E-state index in [9.17, 15) is 4.79 Å². The van der Waals surface area contributed by atoms with Gasteiger partial charge in [-0.15, -0.1) is 0 Å². The van der Waals surface area contributed by atoms with Gasteiger partial charge >= 0.3 is 0 Å². The molecule has 2 aromatic rings. The molecule has 1 aliphatic carbocycles. The molecule has 1 fully saturated rings. The van der Waals surface area contributed by atoms with Gasteiger partial charge in [-0.25, -0.2) is 5.01 Å². The molecule has 3 heteroatoms. The first kappa shape index (κ1) is 17.0. The molecule has 1 heterocycles. The van der Waals surface area contributed by atoms with Crippen LogP contribution in [-0.2, 0) is 10.2 Å². The maximum Gasteiger partial charge on any atom is 0.240 e. The zero-order chi connectivity index (χ0) is 18.0. The molecule has 1 amide bonds. The van der Waals surface area contributed by atoms with E-state index in [-0.39, 0.29) is 17.4 Å². The highest BCUT2D eigenvalue weighted by atomic mass is 16.2. The van der Waals surface area contributed by atoms with E-state index in [0.29, 0.717) is 0 Å². The van der Waals surface area contributed by atoms with Crippen LogP contribution in [0, 0.1) is 0 Å². The summed E-state index contributed by atoms with van der Waals surface area (Å²) in [5.74, 6) is 0.0217. The van der Waals surface area contributed by atoms with Crippen molar-refractivity contribution in [2.24, 2.45) is 5.10 Å². The van der Waals surface area contributed by atoms with Crippen LogP contribution >= 0.6 is 0 Å². The number of amides is 1. The molecular formula is C23H26N2O. The van der Waals surface area contributed by atoms with Crippen LogP contribution in [0.15, 0.2) is 65.8 Å². The quantitative estimate of drug-likeness (QED) is 0.732. The first-order valence-electron chi connectivity index (χ1n) is 9.72. The molecular weight excluding hydrogens is 320 g/mol. The summed E-state index contributed by atoms with van der Waals surface area (Å²) in [5, 5.41) is 6.67. The number of carbonyl (C=O) groups excluding carboxylic acids is 1. The number of hydrazone groups is 1. The molecule has 134 valence electrons. The SMILES string of the molecule is CC(=O)N1N=C2CCCCCC[C@]2(c2ccccc2)[C@H]1c1ccccc1. The van der Waals surface area contributed by atoms with Gasteiger partial charge in [0.2, 0.25) is 5.91 Å². The topological polar surface area (TPSA) is 32.7 Å². The lowest BCUT2D eigenvalue weighted by Gasteiger charge is -2.40. The van der Waals surface area contributed by atoms with Crippen molar-refractivity contribution in [1.82, 2.24) is 5.01 Å². The van der Waals surface area contributed by atoms with Gasteiger partial charge in [0, 0.05) is 6.92 Å². The first-order chi connectivity index (χ1) is 12.7. The van der Waals surface area contributed by atoms with Crippen molar-refractivity contribution in [2.75, 3.05) is 0 Å². The molecule has 0 unspecified atom stereocenters. The summed E-state index contributed by atoms with van der Waals surface area (Å²) in [4.78, 5) is 12.5. The first-order valence-corrected chi connectivity index (χ1v) is 9.72. The fraction of sp³-hybridized carbons (Fsp3) is 0.391. The maximum atomic E-state index is 12.5. The molecule has 0 aromatic heterocycles. The average Bonchev–Trinajstić information content (AvgIpc) is 2.98. The van der Waals surface area contributed by atoms with Gasteiger partial charge in [0.25, 0.3) is 0 Å². The van der Waals surface area contributed by atoms with Crippen LogP contribution in [0.5, 0.6) is 0 Å². The van der Waals surface area contributed by atoms with Crippen molar-refractivity contribution >= 4 is 11.6 Å². The van der Waals surface area contributed by atoms with Crippen molar-refractivity contribution in [3.05, 3.63) is 71.8 Å². The predicted molar refractivity (Wildman–Crippen MR) is 105 cm³/mol. The van der Waals surface area contributed by atoms with Crippen LogP contribution in [0.1, 0.15) is 62.6 Å². The second-order valence-corrected chi connectivity index (χ2v) is 7.48. The van der Waals surface area contributed by atoms with Crippen molar-refractivity contribution in [3.8, 4) is 0 Å². The highest BCUT2D eigenvalue weighted by molar-refractivity contribution is 5.99. The third-order valence-corrected chi connectivity index (χ3v) is 5.92. The molecule has 0 radical (unpaired) electrons. The second-order valence-electron chi connectivity index (χ2n) is 7.48. The van der Waals surface area contributed by atoms with Crippen LogP contribution < -0.4 is 0 Å². The summed E-state index contributed by atoms with van der Waals surface area (Å²) in [6.07, 6.45) is 6.84. The summed E-state index contributed by atoms with van der Waals surface area (Å²) < 4.78 is 0. The fourth-order valence-corrected chi connectivity index (χ4v) is 4.77. The number of nitrogens with zero attached hydrogens (tertiary/aromatic N) is 2. The van der Waals surface area contributed by atoms with Gasteiger partial charge in [-0.1, -0.05) is 79.9 Å². The van der Waals surface area contributed by atoms with E-state index < -0.39 is 0 Å². The summed E-state index contributed by atoms with van der Waals surface area (Å²) in [6, 6.07) is 21.1. The normalized spacial score (nSPS) is 25.8. The molecule has 26 heavy (non-hydrogen) atoms. The lowest BCUT2D eigenvalue weighted by atomic mass is 9.64. The molecule has 0 bridgehead atoms. The molecule has 3 nitrogen and oxygen atoms in total. The van der Waals surface area contributed by atoms with Gasteiger partial charge in [0.05, 0.1) is 17.2 Å². The number of benzene rings is 2. The Morgan fingerprint density at radius 1 is 0.962 bits per heavy atom. The van der Waals surface area contributed by atoms with Gasteiger partial charge in [-0.05, 0) is 30.4 Å². The van der Waals surface area contributed by atoms with E-state index >= 15 is 0 Å². The minimum absolute atomic E-state index is 0.0217. The molecule has 1 saturated carbocycles. The molecule has 1 aliphatic heterocycles. The maximum absolute atomic E-state index is 12.5. The minimum Gasteiger partial charge on any atom is -0.273 e. The molecule has 2 aliphatic rings. The zero-order valence-corrected chi connectivity index (χ0v) is 15.4. The van der Waals surface area contributed by atoms with Gasteiger partial charge in [-0.3, -0.25) is 4.79 Å². The summed E-state index contributed by atoms with van der Waals surface area (Å²) >= 11 is 0. The highest BCUT2D eigenvalue weighted by Gasteiger charge is 2.53. The third kappa shape index (κ3) is 2.76. The Hall–Kier alpha value is -2.42. The summed E-state index contributed by atoms with van der Waals surface area (Å²) in [6.45, 7) is 1.64. The molecule has 2 aromatic carbocycles. The Kier molecular flexibility index (Phi) is 4.62. The highest BCUT2D eigenvalue weighted by Crippen LogP contribution is 2.52. The van der Waals surface area contributed by atoms with E-state index in [1.54, 1.807) is 11.9 Å². The predicted octanol–water partition coefficient (Wildman–Crippen LogP) is 5.24. The number of carbonyl (C=O) groups is 1. The van der Waals surface area contributed by atoms with Crippen molar-refractivity contribution in [2.45, 2.75) is 56.9 Å².